The van der Waals surface area contributed by atoms with Crippen LogP contribution in [0.4, 0.5) is 0 Å². The molecule has 2 aromatic heterocycles. The molecule has 0 saturated heterocycles. The van der Waals surface area contributed by atoms with E-state index < -0.39 is 5.97 Å². The van der Waals surface area contributed by atoms with Crippen molar-refractivity contribution in [1.82, 2.24) is 9.97 Å². The second kappa shape index (κ2) is 6.63. The Hall–Kier alpha value is -2.99. The van der Waals surface area contributed by atoms with Crippen LogP contribution >= 0.6 is 11.6 Å². The van der Waals surface area contributed by atoms with Gasteiger partial charge in [0.2, 0.25) is 0 Å². The van der Waals surface area contributed by atoms with E-state index in [-0.39, 0.29) is 12.3 Å². The monoisotopic (exact) mass is 384 g/mol. The minimum atomic E-state index is -0.498. The summed E-state index contributed by atoms with van der Waals surface area (Å²) in [4.78, 5) is 20.3. The molecule has 0 spiro atoms. The average molecular weight is 385 g/mol. The van der Waals surface area contributed by atoms with Crippen molar-refractivity contribution in [3.8, 4) is 11.5 Å². The van der Waals surface area contributed by atoms with Gasteiger partial charge in [0.25, 0.3) is 0 Å². The molecule has 7 heteroatoms. The number of aromatic amines is 1. The van der Waals surface area contributed by atoms with Crippen LogP contribution in [0.5, 0.6) is 11.5 Å². The van der Waals surface area contributed by atoms with Crippen molar-refractivity contribution in [1.29, 1.82) is 0 Å². The Morgan fingerprint density at radius 1 is 1.15 bits per heavy atom. The van der Waals surface area contributed by atoms with Crippen LogP contribution in [0.15, 0.2) is 30.3 Å². The molecule has 0 radical (unpaired) electrons. The molecule has 6 nitrogen and oxygen atoms in total. The summed E-state index contributed by atoms with van der Waals surface area (Å²) in [6.07, 6.45) is 0. The summed E-state index contributed by atoms with van der Waals surface area (Å²) < 4.78 is 16.2. The van der Waals surface area contributed by atoms with Gasteiger partial charge in [-0.15, -0.1) is 0 Å². The van der Waals surface area contributed by atoms with Crippen LogP contribution in [0, 0.1) is 0 Å². The fourth-order valence-electron chi connectivity index (χ4n) is 3.33. The smallest absolute Gasteiger partial charge is 0.359 e. The zero-order valence-electron chi connectivity index (χ0n) is 15.1. The van der Waals surface area contributed by atoms with Gasteiger partial charge >= 0.3 is 5.97 Å². The maximum atomic E-state index is 12.5. The fraction of sp³-hybridized carbons (Fsp3) is 0.200. The molecule has 0 fully saturated rings. The Morgan fingerprint density at radius 3 is 2.67 bits per heavy atom. The van der Waals surface area contributed by atoms with Crippen LogP contribution in [0.25, 0.3) is 32.7 Å². The summed E-state index contributed by atoms with van der Waals surface area (Å²) in [6.45, 7) is 2.01. The van der Waals surface area contributed by atoms with Gasteiger partial charge in [0.1, 0.15) is 11.5 Å². The van der Waals surface area contributed by atoms with Gasteiger partial charge in [-0.3, -0.25) is 0 Å². The minimum Gasteiger partial charge on any atom is -0.497 e. The van der Waals surface area contributed by atoms with Crippen LogP contribution in [0.2, 0.25) is 5.02 Å². The summed E-state index contributed by atoms with van der Waals surface area (Å²) in [5.74, 6) is 0.777. The van der Waals surface area contributed by atoms with Gasteiger partial charge in [0.05, 0.1) is 42.8 Å². The van der Waals surface area contributed by atoms with Gasteiger partial charge < -0.3 is 19.2 Å². The van der Waals surface area contributed by atoms with Crippen LogP contribution < -0.4 is 9.47 Å². The Kier molecular flexibility index (Phi) is 4.28. The highest BCUT2D eigenvalue weighted by Crippen LogP contribution is 2.40. The number of esters is 1. The van der Waals surface area contributed by atoms with Crippen molar-refractivity contribution in [2.24, 2.45) is 0 Å². The zero-order valence-corrected chi connectivity index (χ0v) is 15.8. The van der Waals surface area contributed by atoms with E-state index in [2.05, 4.69) is 9.97 Å². The first-order valence-electron chi connectivity index (χ1n) is 8.41. The minimum absolute atomic E-state index is 0.207. The topological polar surface area (TPSA) is 73.4 Å². The maximum Gasteiger partial charge on any atom is 0.359 e. The van der Waals surface area contributed by atoms with Gasteiger partial charge in [-0.1, -0.05) is 17.7 Å². The normalized spacial score (nSPS) is 11.3. The number of ether oxygens (including phenoxy) is 3. The second-order valence-corrected chi connectivity index (χ2v) is 6.41. The summed E-state index contributed by atoms with van der Waals surface area (Å²) in [7, 11) is 3.19. The van der Waals surface area contributed by atoms with Gasteiger partial charge in [0.15, 0.2) is 5.69 Å². The lowest BCUT2D eigenvalue weighted by Crippen LogP contribution is -2.08. The molecule has 0 unspecified atom stereocenters. The van der Waals surface area contributed by atoms with Crippen molar-refractivity contribution in [3.63, 3.8) is 0 Å². The van der Waals surface area contributed by atoms with E-state index in [1.807, 2.05) is 18.2 Å². The molecule has 4 aromatic rings. The van der Waals surface area contributed by atoms with E-state index in [4.69, 9.17) is 25.8 Å². The number of H-pyrrole nitrogens is 1. The molecule has 0 aliphatic heterocycles. The zero-order chi connectivity index (χ0) is 19.1. The van der Waals surface area contributed by atoms with E-state index in [1.165, 1.54) is 0 Å². The average Bonchev–Trinajstić information content (AvgIpc) is 3.05. The number of hydrogen-bond acceptors (Lipinski definition) is 5. The number of benzene rings is 2. The number of rotatable bonds is 4. The molecule has 2 aromatic carbocycles. The van der Waals surface area contributed by atoms with E-state index in [0.717, 1.165) is 21.7 Å². The van der Waals surface area contributed by atoms with Gasteiger partial charge in [-0.05, 0) is 19.1 Å². The summed E-state index contributed by atoms with van der Waals surface area (Å²) in [5.41, 5.74) is 2.18. The van der Waals surface area contributed by atoms with E-state index >= 15 is 0 Å². The fourth-order valence-corrected chi connectivity index (χ4v) is 3.49. The van der Waals surface area contributed by atoms with Crippen molar-refractivity contribution in [3.05, 3.63) is 41.0 Å². The Bertz CT molecular complexity index is 1200. The van der Waals surface area contributed by atoms with Crippen LogP contribution in [0.3, 0.4) is 0 Å². The van der Waals surface area contributed by atoms with Gasteiger partial charge in [-0.2, -0.15) is 0 Å². The lowest BCUT2D eigenvalue weighted by molar-refractivity contribution is 0.0522. The number of carbonyl (C=O) groups is 1. The van der Waals surface area contributed by atoms with Crippen molar-refractivity contribution < 1.29 is 19.0 Å². The molecule has 0 bridgehead atoms. The number of pyridine rings is 1. The quantitative estimate of drug-likeness (QED) is 0.515. The van der Waals surface area contributed by atoms with E-state index in [9.17, 15) is 4.79 Å². The molecule has 27 heavy (non-hydrogen) atoms. The molecule has 0 aliphatic carbocycles. The number of carbonyl (C=O) groups excluding carboxylic acids is 1. The van der Waals surface area contributed by atoms with E-state index in [0.29, 0.717) is 27.6 Å². The number of methoxy groups -OCH3 is 2. The summed E-state index contributed by atoms with van der Waals surface area (Å²) >= 11 is 6.15. The lowest BCUT2D eigenvalue weighted by Gasteiger charge is -2.08. The van der Waals surface area contributed by atoms with Crippen LogP contribution in [-0.4, -0.2) is 36.8 Å². The number of fused-ring (bicyclic) bond motifs is 5. The van der Waals surface area contributed by atoms with Crippen molar-refractivity contribution in [2.75, 3.05) is 20.8 Å². The predicted molar refractivity (Wildman–Crippen MR) is 105 cm³/mol. The third-order valence-electron chi connectivity index (χ3n) is 4.46. The number of nitrogens with one attached hydrogen (secondary N) is 1. The first-order valence-corrected chi connectivity index (χ1v) is 8.79. The lowest BCUT2D eigenvalue weighted by atomic mass is 10.1. The summed E-state index contributed by atoms with van der Waals surface area (Å²) in [6, 6.07) is 9.08. The number of nitrogens with zero attached hydrogens (tertiary/aromatic N) is 1. The largest absolute Gasteiger partial charge is 0.497 e. The summed E-state index contributed by atoms with van der Waals surface area (Å²) in [5, 5.41) is 3.07. The van der Waals surface area contributed by atoms with Gasteiger partial charge in [-0.25, -0.2) is 9.78 Å². The molecule has 2 heterocycles. The number of hydrogen-bond donors (Lipinski definition) is 1. The molecule has 1 N–H and O–H groups in total. The van der Waals surface area contributed by atoms with Gasteiger partial charge in [0, 0.05) is 27.9 Å². The first-order chi connectivity index (χ1) is 13.1. The van der Waals surface area contributed by atoms with Crippen molar-refractivity contribution >= 4 is 50.3 Å². The third kappa shape index (κ3) is 2.73. The molecule has 0 atom stereocenters. The maximum absolute atomic E-state index is 12.5. The highest BCUT2D eigenvalue weighted by Gasteiger charge is 2.22. The molecular weight excluding hydrogens is 368 g/mol. The molecular formula is C20H17ClN2O4. The standard InChI is InChI=1S/C20H17ClN2O4/c1-4-27-20(24)19-18-16(12-6-5-10(21)7-13(12)22-19)17-14(23-18)8-11(25-2)9-15(17)26-3/h5-9,23H,4H2,1-3H3. The SMILES string of the molecule is CCOC(=O)c1nc2cc(Cl)ccc2c2c1[nH]c1cc(OC)cc(OC)c12. The first kappa shape index (κ1) is 17.4. The second-order valence-electron chi connectivity index (χ2n) is 5.97. The Balaban J connectivity index is 2.22. The molecule has 4 rings (SSSR count). The van der Waals surface area contributed by atoms with Crippen LogP contribution in [-0.2, 0) is 4.74 Å². The Labute approximate surface area is 160 Å². The molecule has 138 valence electrons. The highest BCUT2D eigenvalue weighted by molar-refractivity contribution is 6.32. The molecule has 0 saturated carbocycles. The Morgan fingerprint density at radius 2 is 1.96 bits per heavy atom. The molecule has 0 aliphatic rings. The predicted octanol–water partition coefficient (Wildman–Crippen LogP) is 4.72. The number of halogens is 1. The van der Waals surface area contributed by atoms with Crippen LogP contribution in [0.1, 0.15) is 17.4 Å². The highest BCUT2D eigenvalue weighted by atomic mass is 35.5. The van der Waals surface area contributed by atoms with Crippen molar-refractivity contribution in [2.45, 2.75) is 6.92 Å². The number of aromatic nitrogens is 2. The molecule has 0 amide bonds. The van der Waals surface area contributed by atoms with E-state index in [1.54, 1.807) is 33.3 Å². The third-order valence-corrected chi connectivity index (χ3v) is 4.69.